The number of aromatic nitrogens is 1. The highest BCUT2D eigenvalue weighted by atomic mass is 19.1. The van der Waals surface area contributed by atoms with E-state index in [1.165, 1.54) is 22.8 Å². The first-order valence-electron chi connectivity index (χ1n) is 8.09. The van der Waals surface area contributed by atoms with E-state index in [9.17, 15) is 14.0 Å². The number of nitrogens with one attached hydrogen (secondary N) is 1. The summed E-state index contributed by atoms with van der Waals surface area (Å²) in [6, 6.07) is 8.91. The molecule has 7 heteroatoms. The van der Waals surface area contributed by atoms with E-state index in [1.807, 2.05) is 6.92 Å². The maximum atomic E-state index is 13.6. The first-order chi connectivity index (χ1) is 11.9. The molecule has 3 rings (SSSR count). The van der Waals surface area contributed by atoms with Crippen LogP contribution in [0.3, 0.4) is 0 Å². The maximum absolute atomic E-state index is 13.6. The van der Waals surface area contributed by atoms with Crippen molar-refractivity contribution in [2.75, 3.05) is 18.4 Å². The molecule has 0 radical (unpaired) electrons. The molecule has 0 spiro atoms. The summed E-state index contributed by atoms with van der Waals surface area (Å²) >= 11 is 0. The Morgan fingerprint density at radius 2 is 2.08 bits per heavy atom. The second kappa shape index (κ2) is 6.96. The average molecular weight is 345 g/mol. The summed E-state index contributed by atoms with van der Waals surface area (Å²) in [4.78, 5) is 25.6. The molecule has 0 saturated carbocycles. The SMILES string of the molecule is Cc1cc(OC2CCN(C(=O)Nc3ccccc3F)C2)cc(=O)n1C. The van der Waals surface area contributed by atoms with Crippen LogP contribution in [0.4, 0.5) is 14.9 Å². The van der Waals surface area contributed by atoms with Crippen LogP contribution in [0.5, 0.6) is 5.75 Å². The summed E-state index contributed by atoms with van der Waals surface area (Å²) in [6.07, 6.45) is 0.455. The Labute approximate surface area is 144 Å². The lowest BCUT2D eigenvalue weighted by molar-refractivity contribution is 0.194. The van der Waals surface area contributed by atoms with E-state index in [0.29, 0.717) is 25.3 Å². The van der Waals surface area contributed by atoms with Crippen molar-refractivity contribution in [1.29, 1.82) is 0 Å². The third-order valence-corrected chi connectivity index (χ3v) is 4.33. The van der Waals surface area contributed by atoms with Gasteiger partial charge in [-0.15, -0.1) is 0 Å². The lowest BCUT2D eigenvalue weighted by Crippen LogP contribution is -2.34. The van der Waals surface area contributed by atoms with Crippen LogP contribution in [0, 0.1) is 12.7 Å². The van der Waals surface area contributed by atoms with Gasteiger partial charge >= 0.3 is 6.03 Å². The second-order valence-corrected chi connectivity index (χ2v) is 6.11. The van der Waals surface area contributed by atoms with Gasteiger partial charge in [-0.2, -0.15) is 0 Å². The van der Waals surface area contributed by atoms with Crippen molar-refractivity contribution in [3.8, 4) is 5.75 Å². The number of pyridine rings is 1. The van der Waals surface area contributed by atoms with Crippen molar-refractivity contribution in [3.05, 3.63) is 58.3 Å². The summed E-state index contributed by atoms with van der Waals surface area (Å²) < 4.78 is 21.0. The highest BCUT2D eigenvalue weighted by Gasteiger charge is 2.28. The van der Waals surface area contributed by atoms with E-state index in [1.54, 1.807) is 30.1 Å². The molecule has 0 bridgehead atoms. The lowest BCUT2D eigenvalue weighted by atomic mass is 10.3. The van der Waals surface area contributed by atoms with Gasteiger partial charge in [0.1, 0.15) is 17.7 Å². The van der Waals surface area contributed by atoms with Gasteiger partial charge in [-0.1, -0.05) is 12.1 Å². The third kappa shape index (κ3) is 3.81. The molecule has 132 valence electrons. The van der Waals surface area contributed by atoms with E-state index in [0.717, 1.165) is 5.69 Å². The number of para-hydroxylation sites is 1. The molecule has 1 atom stereocenters. The fourth-order valence-electron chi connectivity index (χ4n) is 2.76. The normalized spacial score (nSPS) is 16.8. The minimum Gasteiger partial charge on any atom is -0.488 e. The van der Waals surface area contributed by atoms with Gasteiger partial charge in [-0.05, 0) is 25.1 Å². The van der Waals surface area contributed by atoms with Crippen molar-refractivity contribution >= 4 is 11.7 Å². The molecule has 6 nitrogen and oxygen atoms in total. The highest BCUT2D eigenvalue weighted by Crippen LogP contribution is 2.20. The van der Waals surface area contributed by atoms with E-state index in [-0.39, 0.29) is 23.4 Å². The van der Waals surface area contributed by atoms with Gasteiger partial charge in [0.05, 0.1) is 12.2 Å². The smallest absolute Gasteiger partial charge is 0.322 e. The number of hydrogen-bond acceptors (Lipinski definition) is 3. The first kappa shape index (κ1) is 17.0. The number of amides is 2. The Balaban J connectivity index is 1.61. The molecule has 1 N–H and O–H groups in total. The number of carbonyl (C=O) groups excluding carboxylic acids is 1. The van der Waals surface area contributed by atoms with E-state index in [4.69, 9.17) is 4.74 Å². The van der Waals surface area contributed by atoms with Crippen LogP contribution in [0.1, 0.15) is 12.1 Å². The molecular formula is C18H20FN3O3. The number of anilines is 1. The van der Waals surface area contributed by atoms with Crippen LogP contribution < -0.4 is 15.6 Å². The lowest BCUT2D eigenvalue weighted by Gasteiger charge is -2.18. The molecule has 1 unspecified atom stereocenters. The monoisotopic (exact) mass is 345 g/mol. The molecule has 1 fully saturated rings. The topological polar surface area (TPSA) is 63.6 Å². The Hall–Kier alpha value is -2.83. The molecule has 25 heavy (non-hydrogen) atoms. The van der Waals surface area contributed by atoms with Gasteiger partial charge in [0, 0.05) is 31.8 Å². The largest absolute Gasteiger partial charge is 0.488 e. The number of likely N-dealkylation sites (tertiary alicyclic amines) is 1. The second-order valence-electron chi connectivity index (χ2n) is 6.11. The van der Waals surface area contributed by atoms with Gasteiger partial charge in [0.25, 0.3) is 5.56 Å². The van der Waals surface area contributed by atoms with Crippen LogP contribution in [-0.4, -0.2) is 34.7 Å². The van der Waals surface area contributed by atoms with Crippen molar-refractivity contribution in [3.63, 3.8) is 0 Å². The van der Waals surface area contributed by atoms with Gasteiger partial charge < -0.3 is 19.5 Å². The molecule has 0 aliphatic carbocycles. The van der Waals surface area contributed by atoms with Crippen molar-refractivity contribution in [2.45, 2.75) is 19.4 Å². The van der Waals surface area contributed by atoms with Crippen LogP contribution in [0.15, 0.2) is 41.2 Å². The Kier molecular flexibility index (Phi) is 4.74. The predicted octanol–water partition coefficient (Wildman–Crippen LogP) is 2.52. The number of urea groups is 1. The summed E-state index contributed by atoms with van der Waals surface area (Å²) in [5, 5.41) is 2.57. The molecule has 1 aliphatic heterocycles. The molecule has 1 aromatic carbocycles. The number of halogens is 1. The van der Waals surface area contributed by atoms with Crippen molar-refractivity contribution in [1.82, 2.24) is 9.47 Å². The van der Waals surface area contributed by atoms with Crippen molar-refractivity contribution < 1.29 is 13.9 Å². The number of rotatable bonds is 3. The summed E-state index contributed by atoms with van der Waals surface area (Å²) in [5.41, 5.74) is 0.816. The molecular weight excluding hydrogens is 325 g/mol. The zero-order valence-electron chi connectivity index (χ0n) is 14.2. The van der Waals surface area contributed by atoms with E-state index in [2.05, 4.69) is 5.32 Å². The number of benzene rings is 1. The minimum atomic E-state index is -0.474. The fourth-order valence-corrected chi connectivity index (χ4v) is 2.76. The van der Waals surface area contributed by atoms with Gasteiger partial charge in [-0.3, -0.25) is 4.79 Å². The summed E-state index contributed by atoms with van der Waals surface area (Å²) in [6.45, 7) is 2.72. The number of hydrogen-bond donors (Lipinski definition) is 1. The highest BCUT2D eigenvalue weighted by molar-refractivity contribution is 5.89. The molecule has 1 saturated heterocycles. The maximum Gasteiger partial charge on any atom is 0.322 e. The number of aryl methyl sites for hydroxylation is 1. The number of carbonyl (C=O) groups is 1. The van der Waals surface area contributed by atoms with Crippen LogP contribution in [0.25, 0.3) is 0 Å². The van der Waals surface area contributed by atoms with Crippen molar-refractivity contribution in [2.24, 2.45) is 7.05 Å². The number of ether oxygens (including phenoxy) is 1. The third-order valence-electron chi connectivity index (χ3n) is 4.33. The first-order valence-corrected chi connectivity index (χ1v) is 8.09. The van der Waals surface area contributed by atoms with Crippen LogP contribution >= 0.6 is 0 Å². The molecule has 2 amide bonds. The Morgan fingerprint density at radius 1 is 1.32 bits per heavy atom. The zero-order chi connectivity index (χ0) is 18.0. The van der Waals surface area contributed by atoms with Gasteiger partial charge in [0.2, 0.25) is 0 Å². The van der Waals surface area contributed by atoms with Gasteiger partial charge in [-0.25, -0.2) is 9.18 Å². The van der Waals surface area contributed by atoms with Gasteiger partial charge in [0.15, 0.2) is 0 Å². The zero-order valence-corrected chi connectivity index (χ0v) is 14.2. The molecule has 2 heterocycles. The van der Waals surface area contributed by atoms with Crippen LogP contribution in [-0.2, 0) is 7.05 Å². The Morgan fingerprint density at radius 3 is 2.80 bits per heavy atom. The number of nitrogens with zero attached hydrogens (tertiary/aromatic N) is 2. The fraction of sp³-hybridized carbons (Fsp3) is 0.333. The predicted molar refractivity (Wildman–Crippen MR) is 92.4 cm³/mol. The summed E-state index contributed by atoms with van der Waals surface area (Å²) in [7, 11) is 1.70. The summed E-state index contributed by atoms with van der Waals surface area (Å²) in [5.74, 6) is 0.0282. The molecule has 2 aromatic rings. The van der Waals surface area contributed by atoms with E-state index < -0.39 is 5.82 Å². The minimum absolute atomic E-state index is 0.137. The molecule has 1 aliphatic rings. The standard InChI is InChI=1S/C18H20FN3O3/c1-12-9-14(10-17(23)21(12)2)25-13-7-8-22(11-13)18(24)20-16-6-4-3-5-15(16)19/h3-6,9-10,13H,7-8,11H2,1-2H3,(H,20,24). The quantitative estimate of drug-likeness (QED) is 0.930. The van der Waals surface area contributed by atoms with E-state index >= 15 is 0 Å². The molecule has 1 aromatic heterocycles. The van der Waals surface area contributed by atoms with Crippen LogP contribution in [0.2, 0.25) is 0 Å². The Bertz CT molecular complexity index is 850. The average Bonchev–Trinajstić information content (AvgIpc) is 3.03.